The molecule has 1 saturated carbocycles. The van der Waals surface area contributed by atoms with E-state index in [1.165, 1.54) is 0 Å². The first-order chi connectivity index (χ1) is 11.0. The second-order valence-electron chi connectivity index (χ2n) is 6.77. The maximum Gasteiger partial charge on any atom is 0.223 e. The number of nitrogens with zero attached hydrogens (tertiary/aromatic N) is 3. The first kappa shape index (κ1) is 15.7. The Kier molecular flexibility index (Phi) is 4.17. The zero-order valence-electron chi connectivity index (χ0n) is 13.6. The molecule has 0 bridgehead atoms. The summed E-state index contributed by atoms with van der Waals surface area (Å²) in [6.45, 7) is 3.89. The van der Waals surface area contributed by atoms with Crippen molar-refractivity contribution in [3.63, 3.8) is 0 Å². The highest BCUT2D eigenvalue weighted by molar-refractivity contribution is 5.79. The summed E-state index contributed by atoms with van der Waals surface area (Å²) in [6.07, 6.45) is 4.40. The predicted molar refractivity (Wildman–Crippen MR) is 87.8 cm³/mol. The number of aromatic nitrogens is 3. The summed E-state index contributed by atoms with van der Waals surface area (Å²) in [5, 5.41) is 11.5. The minimum atomic E-state index is -0.573. The van der Waals surface area contributed by atoms with Gasteiger partial charge in [-0.1, -0.05) is 23.4 Å². The number of amides is 1. The van der Waals surface area contributed by atoms with Crippen LogP contribution in [0, 0.1) is 5.92 Å². The Hall–Kier alpha value is -2.21. The van der Waals surface area contributed by atoms with E-state index in [4.69, 9.17) is 5.73 Å². The molecule has 6 heteroatoms. The van der Waals surface area contributed by atoms with Gasteiger partial charge in [0.05, 0.1) is 17.4 Å². The number of carbonyl (C=O) groups excluding carboxylic acids is 1. The van der Waals surface area contributed by atoms with Crippen LogP contribution in [0.25, 0.3) is 5.69 Å². The molecule has 0 radical (unpaired) electrons. The lowest BCUT2D eigenvalue weighted by atomic mass is 9.98. The number of rotatable bonds is 4. The third-order valence-corrected chi connectivity index (χ3v) is 4.43. The van der Waals surface area contributed by atoms with Crippen molar-refractivity contribution in [2.24, 2.45) is 11.7 Å². The van der Waals surface area contributed by atoms with Crippen LogP contribution >= 0.6 is 0 Å². The van der Waals surface area contributed by atoms with Crippen LogP contribution in [0.15, 0.2) is 36.5 Å². The molecule has 1 aliphatic rings. The molecule has 2 unspecified atom stereocenters. The molecule has 0 saturated heterocycles. The van der Waals surface area contributed by atoms with Crippen molar-refractivity contribution < 1.29 is 4.79 Å². The molecule has 0 spiro atoms. The molecule has 2 atom stereocenters. The summed E-state index contributed by atoms with van der Waals surface area (Å²) in [7, 11) is 0. The van der Waals surface area contributed by atoms with Crippen LogP contribution in [-0.2, 0) is 10.3 Å². The van der Waals surface area contributed by atoms with Crippen LogP contribution in [0.4, 0.5) is 0 Å². The van der Waals surface area contributed by atoms with Crippen LogP contribution in [0.5, 0.6) is 0 Å². The average molecular weight is 313 g/mol. The molecule has 3 rings (SSSR count). The molecule has 6 nitrogen and oxygen atoms in total. The smallest absolute Gasteiger partial charge is 0.223 e. The topological polar surface area (TPSA) is 85.8 Å². The summed E-state index contributed by atoms with van der Waals surface area (Å²) in [4.78, 5) is 12.4. The van der Waals surface area contributed by atoms with Crippen molar-refractivity contribution in [3.8, 4) is 5.69 Å². The fraction of sp³-hybridized carbons (Fsp3) is 0.471. The maximum absolute atomic E-state index is 12.4. The fourth-order valence-corrected chi connectivity index (χ4v) is 2.99. The van der Waals surface area contributed by atoms with Crippen molar-refractivity contribution in [1.82, 2.24) is 20.3 Å². The molecule has 1 aliphatic carbocycles. The average Bonchev–Trinajstić information content (AvgIpc) is 3.17. The van der Waals surface area contributed by atoms with Gasteiger partial charge in [0.25, 0.3) is 0 Å². The largest absolute Gasteiger partial charge is 0.345 e. The summed E-state index contributed by atoms with van der Waals surface area (Å²) < 4.78 is 1.72. The van der Waals surface area contributed by atoms with Gasteiger partial charge < -0.3 is 11.1 Å². The molecule has 1 fully saturated rings. The molecular formula is C17H23N5O. The van der Waals surface area contributed by atoms with Gasteiger partial charge in [-0.3, -0.25) is 4.79 Å². The summed E-state index contributed by atoms with van der Waals surface area (Å²) in [5.74, 6) is 0.0608. The van der Waals surface area contributed by atoms with Gasteiger partial charge in [-0.25, -0.2) is 4.68 Å². The molecule has 1 aromatic heterocycles. The van der Waals surface area contributed by atoms with Crippen LogP contribution in [0.2, 0.25) is 0 Å². The highest BCUT2D eigenvalue weighted by Gasteiger charge is 2.33. The number of hydrogen-bond donors (Lipinski definition) is 2. The Morgan fingerprint density at radius 3 is 2.70 bits per heavy atom. The highest BCUT2D eigenvalue weighted by Crippen LogP contribution is 2.26. The van der Waals surface area contributed by atoms with E-state index < -0.39 is 5.54 Å². The van der Waals surface area contributed by atoms with Crippen molar-refractivity contribution in [2.75, 3.05) is 0 Å². The minimum Gasteiger partial charge on any atom is -0.345 e. The molecule has 3 N–H and O–H groups in total. The van der Waals surface area contributed by atoms with E-state index in [0.717, 1.165) is 30.6 Å². The first-order valence-electron chi connectivity index (χ1n) is 8.01. The van der Waals surface area contributed by atoms with Crippen molar-refractivity contribution in [1.29, 1.82) is 0 Å². The van der Waals surface area contributed by atoms with E-state index in [9.17, 15) is 4.79 Å². The number of nitrogens with one attached hydrogen (secondary N) is 1. The fourth-order valence-electron chi connectivity index (χ4n) is 2.99. The Bertz CT molecular complexity index is 679. The zero-order chi connectivity index (χ0) is 16.4. The summed E-state index contributed by atoms with van der Waals surface area (Å²) in [6, 6.07) is 9.93. The number of nitrogens with two attached hydrogens (primary N) is 1. The van der Waals surface area contributed by atoms with E-state index in [-0.39, 0.29) is 17.9 Å². The van der Waals surface area contributed by atoms with Gasteiger partial charge in [-0.2, -0.15) is 0 Å². The second kappa shape index (κ2) is 6.12. The van der Waals surface area contributed by atoms with E-state index in [2.05, 4.69) is 15.6 Å². The molecule has 1 heterocycles. The Labute approximate surface area is 136 Å². The van der Waals surface area contributed by atoms with Gasteiger partial charge in [-0.05, 0) is 45.2 Å². The van der Waals surface area contributed by atoms with Crippen LogP contribution in [-0.4, -0.2) is 26.9 Å². The summed E-state index contributed by atoms with van der Waals surface area (Å²) >= 11 is 0. The highest BCUT2D eigenvalue weighted by atomic mass is 16.2. The van der Waals surface area contributed by atoms with E-state index in [1.807, 2.05) is 50.4 Å². The Morgan fingerprint density at radius 2 is 2.04 bits per heavy atom. The van der Waals surface area contributed by atoms with Crippen LogP contribution in [0.3, 0.4) is 0 Å². The SMILES string of the molecule is CC(C)(NC(=O)C1CCC(N)C1)c1cn(-c2ccccc2)nn1. The van der Waals surface area contributed by atoms with Crippen LogP contribution < -0.4 is 11.1 Å². The molecule has 2 aromatic rings. The summed E-state index contributed by atoms with van der Waals surface area (Å²) in [5.41, 5.74) is 7.00. The first-order valence-corrected chi connectivity index (χ1v) is 8.01. The molecule has 1 amide bonds. The van der Waals surface area contributed by atoms with Gasteiger partial charge in [0.1, 0.15) is 5.69 Å². The number of para-hydroxylation sites is 1. The lowest BCUT2D eigenvalue weighted by Gasteiger charge is -2.25. The Balaban J connectivity index is 1.72. The minimum absolute atomic E-state index is 0.00782. The predicted octanol–water partition coefficient (Wildman–Crippen LogP) is 1.75. The second-order valence-corrected chi connectivity index (χ2v) is 6.77. The molecular weight excluding hydrogens is 290 g/mol. The number of hydrogen-bond acceptors (Lipinski definition) is 4. The van der Waals surface area contributed by atoms with Crippen molar-refractivity contribution in [2.45, 2.75) is 44.7 Å². The quantitative estimate of drug-likeness (QED) is 0.900. The Morgan fingerprint density at radius 1 is 1.30 bits per heavy atom. The lowest BCUT2D eigenvalue weighted by molar-refractivity contribution is -0.126. The van der Waals surface area contributed by atoms with Crippen LogP contribution in [0.1, 0.15) is 38.8 Å². The number of carbonyl (C=O) groups is 1. The van der Waals surface area contributed by atoms with Gasteiger partial charge in [-0.15, -0.1) is 5.10 Å². The zero-order valence-corrected chi connectivity index (χ0v) is 13.6. The van der Waals surface area contributed by atoms with E-state index in [1.54, 1.807) is 4.68 Å². The van der Waals surface area contributed by atoms with E-state index >= 15 is 0 Å². The van der Waals surface area contributed by atoms with Gasteiger partial charge in [0, 0.05) is 12.0 Å². The van der Waals surface area contributed by atoms with Crippen molar-refractivity contribution >= 4 is 5.91 Å². The normalized spacial score (nSPS) is 21.3. The third-order valence-electron chi connectivity index (χ3n) is 4.43. The van der Waals surface area contributed by atoms with Gasteiger partial charge >= 0.3 is 0 Å². The standard InChI is InChI=1S/C17H23N5O/c1-17(2,19-16(23)12-8-9-13(18)10-12)15-11-22(21-20-15)14-6-4-3-5-7-14/h3-7,11-13H,8-10,18H2,1-2H3,(H,19,23). The molecule has 122 valence electrons. The number of benzene rings is 1. The third kappa shape index (κ3) is 3.42. The maximum atomic E-state index is 12.4. The molecule has 0 aliphatic heterocycles. The lowest BCUT2D eigenvalue weighted by Crippen LogP contribution is -2.44. The molecule has 23 heavy (non-hydrogen) atoms. The van der Waals surface area contributed by atoms with Gasteiger partial charge in [0.2, 0.25) is 5.91 Å². The van der Waals surface area contributed by atoms with Crippen molar-refractivity contribution in [3.05, 3.63) is 42.2 Å². The molecule has 1 aromatic carbocycles. The van der Waals surface area contributed by atoms with E-state index in [0.29, 0.717) is 0 Å². The van der Waals surface area contributed by atoms with Gasteiger partial charge in [0.15, 0.2) is 0 Å². The monoisotopic (exact) mass is 313 g/mol.